The molecule has 1 aromatic heterocycles. The first-order valence-electron chi connectivity index (χ1n) is 12.7. The molecule has 0 amide bonds. The van der Waals surface area contributed by atoms with Crippen molar-refractivity contribution in [3.05, 3.63) is 47.5 Å². The van der Waals surface area contributed by atoms with E-state index >= 15 is 0 Å². The second kappa shape index (κ2) is 13.8. The van der Waals surface area contributed by atoms with Crippen LogP contribution in [0.1, 0.15) is 69.9 Å². The van der Waals surface area contributed by atoms with Crippen LogP contribution in [-0.2, 0) is 0 Å². The second-order valence-electron chi connectivity index (χ2n) is 8.96. The Labute approximate surface area is 199 Å². The van der Waals surface area contributed by atoms with Gasteiger partial charge in [0.25, 0.3) is 0 Å². The smallest absolute Gasteiger partial charge is 0.217 e. The van der Waals surface area contributed by atoms with Crippen LogP contribution in [0, 0.1) is 6.92 Å². The molecule has 2 aromatic rings. The second-order valence-corrected chi connectivity index (χ2v) is 8.96. The maximum absolute atomic E-state index is 6.07. The van der Waals surface area contributed by atoms with Gasteiger partial charge in [-0.2, -0.15) is 10.1 Å². The van der Waals surface area contributed by atoms with E-state index in [9.17, 15) is 0 Å². The molecule has 1 heterocycles. The zero-order valence-electron chi connectivity index (χ0n) is 20.6. The SMILES string of the molecule is CCCN(CCC)c1cc(N/N=C/c2cccc(C)c2)nc(OCCNC2CCCCC2)c1. The number of nitrogens with zero attached hydrogens (tertiary/aromatic N) is 3. The van der Waals surface area contributed by atoms with Gasteiger partial charge in [-0.05, 0) is 38.2 Å². The lowest BCUT2D eigenvalue weighted by molar-refractivity contribution is 0.281. The molecule has 1 saturated carbocycles. The Balaban J connectivity index is 1.66. The monoisotopic (exact) mass is 451 g/mol. The standard InChI is InChI=1S/C27H41N5O/c1-4-15-32(16-5-2)25-19-26(31-29-21-23-11-9-10-22(3)18-23)30-27(20-25)33-17-14-28-24-12-7-6-8-13-24/h9-11,18-21,24,28H,4-8,12-17H2,1-3H3,(H,30,31)/b29-21+. The van der Waals surface area contributed by atoms with Crippen molar-refractivity contribution >= 4 is 17.7 Å². The van der Waals surface area contributed by atoms with Crippen LogP contribution < -0.4 is 20.4 Å². The number of nitrogens with one attached hydrogen (secondary N) is 2. The fourth-order valence-electron chi connectivity index (χ4n) is 4.36. The molecule has 0 spiro atoms. The van der Waals surface area contributed by atoms with Gasteiger partial charge in [0.15, 0.2) is 5.82 Å². The molecular formula is C27H41N5O. The number of benzene rings is 1. The number of hydrogen-bond acceptors (Lipinski definition) is 6. The van der Waals surface area contributed by atoms with E-state index in [1.807, 2.05) is 18.3 Å². The summed E-state index contributed by atoms with van der Waals surface area (Å²) >= 11 is 0. The van der Waals surface area contributed by atoms with Gasteiger partial charge in [0.2, 0.25) is 5.88 Å². The Morgan fingerprint density at radius 2 is 1.88 bits per heavy atom. The first-order valence-corrected chi connectivity index (χ1v) is 12.7. The molecule has 0 saturated heterocycles. The van der Waals surface area contributed by atoms with Crippen LogP contribution in [0.4, 0.5) is 11.5 Å². The summed E-state index contributed by atoms with van der Waals surface area (Å²) in [6.07, 6.45) is 10.6. The Morgan fingerprint density at radius 1 is 1.09 bits per heavy atom. The van der Waals surface area contributed by atoms with Crippen molar-refractivity contribution in [2.24, 2.45) is 5.10 Å². The summed E-state index contributed by atoms with van der Waals surface area (Å²) in [7, 11) is 0. The Morgan fingerprint density at radius 3 is 2.61 bits per heavy atom. The molecule has 2 N–H and O–H groups in total. The minimum absolute atomic E-state index is 0.612. The normalized spacial score (nSPS) is 14.5. The van der Waals surface area contributed by atoms with Crippen molar-refractivity contribution in [1.82, 2.24) is 10.3 Å². The molecule has 180 valence electrons. The number of hydrazone groups is 1. The number of hydrogen-bond donors (Lipinski definition) is 2. The Hall–Kier alpha value is -2.60. The highest BCUT2D eigenvalue weighted by atomic mass is 16.5. The summed E-state index contributed by atoms with van der Waals surface area (Å²) in [6.45, 7) is 9.98. The number of pyridine rings is 1. The minimum atomic E-state index is 0.612. The Kier molecular flexibility index (Phi) is 10.5. The van der Waals surface area contributed by atoms with Crippen LogP contribution in [0.5, 0.6) is 5.88 Å². The van der Waals surface area contributed by atoms with Gasteiger partial charge in [0, 0.05) is 43.5 Å². The summed E-state index contributed by atoms with van der Waals surface area (Å²) in [6, 6.07) is 13.0. The number of anilines is 2. The lowest BCUT2D eigenvalue weighted by atomic mass is 9.96. The summed E-state index contributed by atoms with van der Waals surface area (Å²) in [4.78, 5) is 7.06. The highest BCUT2D eigenvalue weighted by molar-refractivity contribution is 5.80. The molecule has 0 unspecified atom stereocenters. The zero-order chi connectivity index (χ0) is 23.3. The third-order valence-corrected chi connectivity index (χ3v) is 5.96. The van der Waals surface area contributed by atoms with Gasteiger partial charge < -0.3 is 15.0 Å². The van der Waals surface area contributed by atoms with E-state index in [1.165, 1.54) is 37.7 Å². The van der Waals surface area contributed by atoms with Crippen LogP contribution in [0.3, 0.4) is 0 Å². The van der Waals surface area contributed by atoms with Crippen molar-refractivity contribution < 1.29 is 4.74 Å². The van der Waals surface area contributed by atoms with E-state index in [-0.39, 0.29) is 0 Å². The van der Waals surface area contributed by atoms with Crippen LogP contribution in [0.25, 0.3) is 0 Å². The highest BCUT2D eigenvalue weighted by Gasteiger charge is 2.13. The predicted octanol–water partition coefficient (Wildman–Crippen LogP) is 5.76. The van der Waals surface area contributed by atoms with Gasteiger partial charge in [-0.1, -0.05) is 62.9 Å². The van der Waals surface area contributed by atoms with Gasteiger partial charge in [0.1, 0.15) is 6.61 Å². The maximum Gasteiger partial charge on any atom is 0.217 e. The molecule has 0 aliphatic heterocycles. The topological polar surface area (TPSA) is 61.8 Å². The number of ether oxygens (including phenoxy) is 1. The lowest BCUT2D eigenvalue weighted by Gasteiger charge is -2.25. The largest absolute Gasteiger partial charge is 0.476 e. The number of rotatable bonds is 13. The fourth-order valence-corrected chi connectivity index (χ4v) is 4.36. The van der Waals surface area contributed by atoms with Gasteiger partial charge >= 0.3 is 0 Å². The van der Waals surface area contributed by atoms with Crippen molar-refractivity contribution in [2.75, 3.05) is 36.6 Å². The molecule has 0 atom stereocenters. The van der Waals surface area contributed by atoms with E-state index in [4.69, 9.17) is 4.74 Å². The molecule has 6 nitrogen and oxygen atoms in total. The number of aromatic nitrogens is 1. The third kappa shape index (κ3) is 8.69. The first kappa shape index (κ1) is 25.0. The first-order chi connectivity index (χ1) is 16.2. The molecule has 1 fully saturated rings. The van der Waals surface area contributed by atoms with E-state index in [1.54, 1.807) is 0 Å². The van der Waals surface area contributed by atoms with E-state index in [0.717, 1.165) is 43.7 Å². The summed E-state index contributed by atoms with van der Waals surface area (Å²) in [5, 5.41) is 8.06. The molecule has 3 rings (SSSR count). The van der Waals surface area contributed by atoms with Crippen molar-refractivity contribution in [2.45, 2.75) is 71.8 Å². The molecule has 33 heavy (non-hydrogen) atoms. The van der Waals surface area contributed by atoms with Gasteiger partial charge in [-0.15, -0.1) is 0 Å². The van der Waals surface area contributed by atoms with E-state index in [2.05, 4.69) is 70.8 Å². The highest BCUT2D eigenvalue weighted by Crippen LogP contribution is 2.25. The average Bonchev–Trinajstić information content (AvgIpc) is 2.82. The predicted molar refractivity (Wildman–Crippen MR) is 140 cm³/mol. The fraction of sp³-hybridized carbons (Fsp3) is 0.556. The summed E-state index contributed by atoms with van der Waals surface area (Å²) in [5.74, 6) is 1.34. The van der Waals surface area contributed by atoms with Crippen molar-refractivity contribution in [3.63, 3.8) is 0 Å². The van der Waals surface area contributed by atoms with Gasteiger partial charge in [-0.3, -0.25) is 5.43 Å². The average molecular weight is 452 g/mol. The number of aryl methyl sites for hydroxylation is 1. The van der Waals surface area contributed by atoms with E-state index in [0.29, 0.717) is 24.3 Å². The van der Waals surface area contributed by atoms with Crippen molar-refractivity contribution in [1.29, 1.82) is 0 Å². The van der Waals surface area contributed by atoms with Crippen LogP contribution in [0.15, 0.2) is 41.5 Å². The molecule has 1 aliphatic carbocycles. The molecule has 1 aliphatic rings. The maximum atomic E-state index is 6.07. The van der Waals surface area contributed by atoms with E-state index < -0.39 is 0 Å². The van der Waals surface area contributed by atoms with Crippen LogP contribution >= 0.6 is 0 Å². The molecule has 1 aromatic carbocycles. The quantitative estimate of drug-likeness (QED) is 0.230. The van der Waals surface area contributed by atoms with Crippen LogP contribution in [0.2, 0.25) is 0 Å². The molecular weight excluding hydrogens is 410 g/mol. The lowest BCUT2D eigenvalue weighted by Crippen LogP contribution is -2.34. The van der Waals surface area contributed by atoms with Crippen LogP contribution in [-0.4, -0.2) is 43.5 Å². The molecule has 6 heteroatoms. The van der Waals surface area contributed by atoms with Gasteiger partial charge in [0.05, 0.1) is 6.21 Å². The zero-order valence-corrected chi connectivity index (χ0v) is 20.6. The molecule has 0 radical (unpaired) electrons. The Bertz CT molecular complexity index is 857. The minimum Gasteiger partial charge on any atom is -0.476 e. The molecule has 0 bridgehead atoms. The summed E-state index contributed by atoms with van der Waals surface area (Å²) in [5.41, 5.74) is 6.51. The summed E-state index contributed by atoms with van der Waals surface area (Å²) < 4.78 is 6.07. The van der Waals surface area contributed by atoms with Crippen molar-refractivity contribution in [3.8, 4) is 5.88 Å². The third-order valence-electron chi connectivity index (χ3n) is 5.96. The van der Waals surface area contributed by atoms with Gasteiger partial charge in [-0.25, -0.2) is 0 Å².